The first-order chi connectivity index (χ1) is 16.1. The van der Waals surface area contributed by atoms with Gasteiger partial charge in [-0.25, -0.2) is 9.97 Å². The quantitative estimate of drug-likeness (QED) is 0.550. The normalized spacial score (nSPS) is 20.1. The first-order valence-electron chi connectivity index (χ1n) is 10.8. The van der Waals surface area contributed by atoms with Gasteiger partial charge in [0.1, 0.15) is 5.03 Å². The van der Waals surface area contributed by atoms with Gasteiger partial charge in [-0.3, -0.25) is 9.78 Å². The third kappa shape index (κ3) is 4.63. The molecule has 184 valence electrons. The SMILES string of the molecule is CNC1CCCC12CCN(c1nc(N)c(Sc3ccnc(C(F)(F)F)c3Cl)nc1C(N)=O)CC2. The largest absolute Gasteiger partial charge is 0.434 e. The van der Waals surface area contributed by atoms with Crippen LogP contribution in [0.3, 0.4) is 0 Å². The van der Waals surface area contributed by atoms with Crippen LogP contribution in [0.1, 0.15) is 48.3 Å². The van der Waals surface area contributed by atoms with Crippen molar-refractivity contribution in [2.45, 2.75) is 54.2 Å². The van der Waals surface area contributed by atoms with Crippen molar-refractivity contribution in [3.05, 3.63) is 28.7 Å². The van der Waals surface area contributed by atoms with Gasteiger partial charge in [-0.1, -0.05) is 29.8 Å². The van der Waals surface area contributed by atoms with E-state index < -0.39 is 22.8 Å². The maximum absolute atomic E-state index is 13.2. The average molecular weight is 516 g/mol. The lowest BCUT2D eigenvalue weighted by atomic mass is 9.74. The number of alkyl halides is 3. The van der Waals surface area contributed by atoms with Crippen molar-refractivity contribution >= 4 is 40.9 Å². The summed E-state index contributed by atoms with van der Waals surface area (Å²) in [4.78, 5) is 26.2. The summed E-state index contributed by atoms with van der Waals surface area (Å²) in [5, 5.41) is 2.90. The van der Waals surface area contributed by atoms with Crippen LogP contribution in [-0.4, -0.2) is 47.0 Å². The Labute approximate surface area is 204 Å². The van der Waals surface area contributed by atoms with Crippen molar-refractivity contribution in [2.24, 2.45) is 11.1 Å². The highest BCUT2D eigenvalue weighted by molar-refractivity contribution is 7.99. The zero-order valence-electron chi connectivity index (χ0n) is 18.5. The zero-order chi connectivity index (χ0) is 24.7. The molecule has 1 amide bonds. The Morgan fingerprint density at radius 2 is 2.00 bits per heavy atom. The fourth-order valence-corrected chi connectivity index (χ4v) is 6.19. The van der Waals surface area contributed by atoms with Crippen LogP contribution in [0.5, 0.6) is 0 Å². The van der Waals surface area contributed by atoms with E-state index in [4.69, 9.17) is 23.1 Å². The molecule has 5 N–H and O–H groups in total. The molecule has 1 aliphatic heterocycles. The number of amides is 1. The Morgan fingerprint density at radius 3 is 2.62 bits per heavy atom. The molecule has 8 nitrogen and oxygen atoms in total. The molecule has 0 bridgehead atoms. The standard InChI is InChI=1S/C21H25ClF3N7OS/c1-28-12-3-2-5-20(12)6-9-32(10-7-20)18-14(17(27)33)30-19(16(26)31-18)34-11-4-8-29-15(13(11)22)21(23,24)25/h4,8,12,28H,2-3,5-7,9-10H2,1H3,(H2,26,31)(H2,27,33). The predicted molar refractivity (Wildman–Crippen MR) is 124 cm³/mol. The Bertz CT molecular complexity index is 1090. The molecular formula is C21H25ClF3N7OS. The minimum absolute atomic E-state index is 0.0271. The van der Waals surface area contributed by atoms with Gasteiger partial charge in [-0.2, -0.15) is 13.2 Å². The summed E-state index contributed by atoms with van der Waals surface area (Å²) in [5.74, 6) is -0.531. The molecule has 1 saturated heterocycles. The molecule has 2 fully saturated rings. The number of aromatic nitrogens is 3. The molecular weight excluding hydrogens is 491 g/mol. The van der Waals surface area contributed by atoms with Gasteiger partial charge in [0.05, 0.1) is 5.02 Å². The maximum Gasteiger partial charge on any atom is 0.434 e. The molecule has 0 aromatic carbocycles. The number of hydrogen-bond acceptors (Lipinski definition) is 8. The van der Waals surface area contributed by atoms with Crippen molar-refractivity contribution < 1.29 is 18.0 Å². The van der Waals surface area contributed by atoms with E-state index in [9.17, 15) is 18.0 Å². The van der Waals surface area contributed by atoms with Gasteiger partial charge >= 0.3 is 6.18 Å². The topological polar surface area (TPSA) is 123 Å². The minimum atomic E-state index is -4.72. The van der Waals surface area contributed by atoms with Crippen LogP contribution in [-0.2, 0) is 6.18 Å². The van der Waals surface area contributed by atoms with Crippen molar-refractivity contribution in [1.29, 1.82) is 0 Å². The predicted octanol–water partition coefficient (Wildman–Crippen LogP) is 3.73. The summed E-state index contributed by atoms with van der Waals surface area (Å²) in [6.07, 6.45) is 1.63. The lowest BCUT2D eigenvalue weighted by molar-refractivity contribution is -0.141. The second kappa shape index (κ2) is 9.38. The molecule has 1 saturated carbocycles. The molecule has 13 heteroatoms. The van der Waals surface area contributed by atoms with E-state index in [1.54, 1.807) is 0 Å². The molecule has 1 unspecified atom stereocenters. The Hall–Kier alpha value is -2.31. The number of hydrogen-bond donors (Lipinski definition) is 3. The number of carbonyl (C=O) groups excluding carboxylic acids is 1. The van der Waals surface area contributed by atoms with Crippen LogP contribution in [0.25, 0.3) is 0 Å². The van der Waals surface area contributed by atoms with E-state index in [2.05, 4.69) is 20.3 Å². The van der Waals surface area contributed by atoms with Crippen LogP contribution in [0.15, 0.2) is 22.2 Å². The van der Waals surface area contributed by atoms with Crippen molar-refractivity contribution in [3.8, 4) is 0 Å². The van der Waals surface area contributed by atoms with Gasteiger partial charge in [0, 0.05) is 30.2 Å². The Morgan fingerprint density at radius 1 is 1.29 bits per heavy atom. The van der Waals surface area contributed by atoms with Crippen LogP contribution in [0, 0.1) is 5.41 Å². The van der Waals surface area contributed by atoms with Gasteiger partial charge in [0.15, 0.2) is 23.0 Å². The van der Waals surface area contributed by atoms with Gasteiger partial charge in [0.2, 0.25) is 0 Å². The smallest absolute Gasteiger partial charge is 0.381 e. The summed E-state index contributed by atoms with van der Waals surface area (Å²) in [5.41, 5.74) is 10.6. The second-order valence-corrected chi connectivity index (χ2v) is 10.0. The molecule has 4 rings (SSSR count). The number of rotatable bonds is 5. The number of nitrogens with zero attached hydrogens (tertiary/aromatic N) is 4. The number of carbonyl (C=O) groups is 1. The van der Waals surface area contributed by atoms with Gasteiger partial charge in [-0.15, -0.1) is 0 Å². The first-order valence-corrected chi connectivity index (χ1v) is 12.0. The van der Waals surface area contributed by atoms with Crippen LogP contribution in [0.4, 0.5) is 24.8 Å². The van der Waals surface area contributed by atoms with E-state index in [0.717, 1.165) is 43.6 Å². The van der Waals surface area contributed by atoms with Gasteiger partial charge in [-0.05, 0) is 44.2 Å². The number of nitrogens with two attached hydrogens (primary N) is 2. The summed E-state index contributed by atoms with van der Waals surface area (Å²) in [6.45, 7) is 1.34. The molecule has 1 atom stereocenters. The second-order valence-electron chi connectivity index (χ2n) is 8.60. The number of anilines is 2. The van der Waals surface area contributed by atoms with Crippen molar-refractivity contribution in [2.75, 3.05) is 30.8 Å². The summed E-state index contributed by atoms with van der Waals surface area (Å²) in [6, 6.07) is 1.78. The van der Waals surface area contributed by atoms with Crippen molar-refractivity contribution in [1.82, 2.24) is 20.3 Å². The van der Waals surface area contributed by atoms with E-state index in [0.29, 0.717) is 24.9 Å². The molecule has 2 aliphatic rings. The van der Waals surface area contributed by atoms with Crippen LogP contribution in [0.2, 0.25) is 5.02 Å². The lowest BCUT2D eigenvalue weighted by Crippen LogP contribution is -2.48. The summed E-state index contributed by atoms with van der Waals surface area (Å²) >= 11 is 6.71. The average Bonchev–Trinajstić information content (AvgIpc) is 3.17. The lowest BCUT2D eigenvalue weighted by Gasteiger charge is -2.43. The summed E-state index contributed by atoms with van der Waals surface area (Å²) in [7, 11) is 1.99. The maximum atomic E-state index is 13.2. The number of pyridine rings is 1. The highest BCUT2D eigenvalue weighted by Gasteiger charge is 2.44. The van der Waals surface area contributed by atoms with E-state index >= 15 is 0 Å². The molecule has 1 aliphatic carbocycles. The Kier molecular flexibility index (Phi) is 6.85. The van der Waals surface area contributed by atoms with Crippen LogP contribution >= 0.6 is 23.4 Å². The number of piperidine rings is 1. The van der Waals surface area contributed by atoms with Crippen molar-refractivity contribution in [3.63, 3.8) is 0 Å². The molecule has 3 heterocycles. The third-order valence-electron chi connectivity index (χ3n) is 6.75. The minimum Gasteiger partial charge on any atom is -0.381 e. The highest BCUT2D eigenvalue weighted by Crippen LogP contribution is 2.47. The van der Waals surface area contributed by atoms with E-state index in [1.165, 1.54) is 12.5 Å². The zero-order valence-corrected chi connectivity index (χ0v) is 20.0. The molecule has 1 spiro atoms. The number of nitrogens with one attached hydrogen (secondary N) is 1. The Balaban J connectivity index is 1.61. The highest BCUT2D eigenvalue weighted by atomic mass is 35.5. The van der Waals surface area contributed by atoms with E-state index in [-0.39, 0.29) is 26.8 Å². The van der Waals surface area contributed by atoms with Crippen LogP contribution < -0.4 is 21.7 Å². The number of primary amides is 1. The molecule has 0 radical (unpaired) electrons. The molecule has 2 aromatic rings. The fourth-order valence-electron chi connectivity index (χ4n) is 5.04. The molecule has 2 aromatic heterocycles. The summed E-state index contributed by atoms with van der Waals surface area (Å²) < 4.78 is 39.5. The first kappa shape index (κ1) is 24.8. The van der Waals surface area contributed by atoms with Gasteiger partial charge in [0.25, 0.3) is 5.91 Å². The molecule has 34 heavy (non-hydrogen) atoms. The number of halogens is 4. The third-order valence-corrected chi connectivity index (χ3v) is 8.30. The van der Waals surface area contributed by atoms with Gasteiger partial charge < -0.3 is 21.7 Å². The monoisotopic (exact) mass is 515 g/mol. The van der Waals surface area contributed by atoms with E-state index in [1.807, 2.05) is 11.9 Å². The fraction of sp³-hybridized carbons (Fsp3) is 0.524. The number of nitrogen functional groups attached to an aromatic ring is 1.